The molecule has 0 spiro atoms. The topological polar surface area (TPSA) is 29.3 Å². The molecular formula is C15H30N2. The fourth-order valence-electron chi connectivity index (χ4n) is 3.90. The third kappa shape index (κ3) is 3.45. The van der Waals surface area contributed by atoms with Gasteiger partial charge in [0.05, 0.1) is 0 Å². The number of rotatable bonds is 2. The molecule has 0 aromatic heterocycles. The van der Waals surface area contributed by atoms with Crippen molar-refractivity contribution in [3.05, 3.63) is 0 Å². The second-order valence-electron chi connectivity index (χ2n) is 6.81. The fourth-order valence-corrected chi connectivity index (χ4v) is 3.90. The highest BCUT2D eigenvalue weighted by atomic mass is 15.2. The smallest absolute Gasteiger partial charge is 0.00928 e. The largest absolute Gasteiger partial charge is 0.328 e. The normalized spacial score (nSPS) is 44.8. The average molecular weight is 238 g/mol. The van der Waals surface area contributed by atoms with E-state index >= 15 is 0 Å². The van der Waals surface area contributed by atoms with Gasteiger partial charge in [-0.05, 0) is 50.4 Å². The minimum atomic E-state index is 0.476. The van der Waals surface area contributed by atoms with Gasteiger partial charge >= 0.3 is 0 Å². The van der Waals surface area contributed by atoms with Crippen molar-refractivity contribution in [2.45, 2.75) is 65.0 Å². The first-order valence-corrected chi connectivity index (χ1v) is 7.56. The molecular weight excluding hydrogens is 208 g/mol. The second kappa shape index (κ2) is 5.71. The van der Waals surface area contributed by atoms with Crippen molar-refractivity contribution in [1.29, 1.82) is 0 Å². The molecule has 1 heterocycles. The van der Waals surface area contributed by atoms with Crippen molar-refractivity contribution in [3.8, 4) is 0 Å². The van der Waals surface area contributed by atoms with Crippen molar-refractivity contribution < 1.29 is 0 Å². The summed E-state index contributed by atoms with van der Waals surface area (Å²) in [4.78, 5) is 2.74. The first kappa shape index (κ1) is 13.4. The first-order chi connectivity index (χ1) is 8.06. The molecule has 0 aromatic carbocycles. The molecule has 5 atom stereocenters. The van der Waals surface area contributed by atoms with Gasteiger partial charge in [-0.15, -0.1) is 0 Å². The number of hydrogen-bond acceptors (Lipinski definition) is 2. The van der Waals surface area contributed by atoms with E-state index in [1.54, 1.807) is 0 Å². The van der Waals surface area contributed by atoms with E-state index in [1.165, 1.54) is 45.2 Å². The van der Waals surface area contributed by atoms with Gasteiger partial charge in [0.1, 0.15) is 0 Å². The van der Waals surface area contributed by atoms with Gasteiger partial charge in [-0.1, -0.05) is 20.3 Å². The van der Waals surface area contributed by atoms with Gasteiger partial charge in [0, 0.05) is 25.2 Å². The van der Waals surface area contributed by atoms with Crippen molar-refractivity contribution >= 4 is 0 Å². The summed E-state index contributed by atoms with van der Waals surface area (Å²) < 4.78 is 0. The Kier molecular flexibility index (Phi) is 4.48. The maximum absolute atomic E-state index is 6.10. The Labute approximate surface area is 107 Å². The predicted molar refractivity (Wildman–Crippen MR) is 73.9 cm³/mol. The molecule has 1 aliphatic carbocycles. The van der Waals surface area contributed by atoms with Crippen LogP contribution >= 0.6 is 0 Å². The van der Waals surface area contributed by atoms with Crippen LogP contribution in [0.3, 0.4) is 0 Å². The summed E-state index contributed by atoms with van der Waals surface area (Å²) in [5.74, 6) is 2.59. The number of nitrogens with zero attached hydrogens (tertiary/aromatic N) is 1. The number of likely N-dealkylation sites (tertiary alicyclic amines) is 1. The van der Waals surface area contributed by atoms with E-state index in [9.17, 15) is 0 Å². The Balaban J connectivity index is 1.88. The third-order valence-corrected chi connectivity index (χ3v) is 5.04. The summed E-state index contributed by atoms with van der Waals surface area (Å²) >= 11 is 0. The van der Waals surface area contributed by atoms with Crippen LogP contribution in [-0.2, 0) is 0 Å². The Hall–Kier alpha value is -0.0800. The zero-order valence-electron chi connectivity index (χ0n) is 11.9. The van der Waals surface area contributed by atoms with Crippen LogP contribution in [0, 0.1) is 17.8 Å². The van der Waals surface area contributed by atoms with Crippen LogP contribution in [0.1, 0.15) is 52.9 Å². The van der Waals surface area contributed by atoms with E-state index in [0.717, 1.165) is 23.8 Å². The van der Waals surface area contributed by atoms with Gasteiger partial charge < -0.3 is 5.73 Å². The summed E-state index contributed by atoms with van der Waals surface area (Å²) in [7, 11) is 0. The third-order valence-electron chi connectivity index (χ3n) is 5.04. The molecule has 1 saturated heterocycles. The van der Waals surface area contributed by atoms with E-state index in [2.05, 4.69) is 25.7 Å². The van der Waals surface area contributed by atoms with E-state index in [-0.39, 0.29) is 0 Å². The summed E-state index contributed by atoms with van der Waals surface area (Å²) in [6, 6.07) is 1.24. The van der Waals surface area contributed by atoms with Crippen LogP contribution in [0.5, 0.6) is 0 Å². The molecule has 1 saturated carbocycles. The van der Waals surface area contributed by atoms with Crippen LogP contribution in [0.4, 0.5) is 0 Å². The van der Waals surface area contributed by atoms with E-state index in [0.29, 0.717) is 6.04 Å². The Morgan fingerprint density at radius 3 is 2.59 bits per heavy atom. The molecule has 0 aromatic rings. The minimum Gasteiger partial charge on any atom is -0.328 e. The lowest BCUT2D eigenvalue weighted by molar-refractivity contribution is 0.0569. The summed E-state index contributed by atoms with van der Waals surface area (Å²) in [5.41, 5.74) is 6.10. The molecule has 0 radical (unpaired) electrons. The van der Waals surface area contributed by atoms with E-state index < -0.39 is 0 Å². The standard InChI is InChI=1S/C15H30N2/c1-11-7-12(2)13(3)17(9-11)10-14-5-4-6-15(16)8-14/h11-15H,4-10,16H2,1-3H3. The van der Waals surface area contributed by atoms with Gasteiger partial charge in [-0.25, -0.2) is 0 Å². The molecule has 2 rings (SSSR count). The Morgan fingerprint density at radius 2 is 1.88 bits per heavy atom. The Bertz CT molecular complexity index is 241. The quantitative estimate of drug-likeness (QED) is 0.801. The molecule has 0 amide bonds. The SMILES string of the molecule is CC1CC(C)C(C)N(CC2CCCC(N)C2)C1. The summed E-state index contributed by atoms with van der Waals surface area (Å²) in [6.07, 6.45) is 6.66. The Morgan fingerprint density at radius 1 is 1.12 bits per heavy atom. The van der Waals surface area contributed by atoms with Crippen molar-refractivity contribution in [2.75, 3.05) is 13.1 Å². The minimum absolute atomic E-state index is 0.476. The molecule has 2 nitrogen and oxygen atoms in total. The molecule has 5 unspecified atom stereocenters. The summed E-state index contributed by atoms with van der Waals surface area (Å²) in [6.45, 7) is 9.84. The highest BCUT2D eigenvalue weighted by Crippen LogP contribution is 2.30. The molecule has 2 fully saturated rings. The number of piperidine rings is 1. The van der Waals surface area contributed by atoms with Crippen molar-refractivity contribution in [1.82, 2.24) is 4.90 Å². The van der Waals surface area contributed by atoms with Crippen molar-refractivity contribution in [3.63, 3.8) is 0 Å². The lowest BCUT2D eigenvalue weighted by Gasteiger charge is -2.43. The van der Waals surface area contributed by atoms with Gasteiger partial charge in [-0.2, -0.15) is 0 Å². The van der Waals surface area contributed by atoms with Crippen LogP contribution < -0.4 is 5.73 Å². The van der Waals surface area contributed by atoms with Crippen molar-refractivity contribution in [2.24, 2.45) is 23.5 Å². The molecule has 2 aliphatic rings. The summed E-state index contributed by atoms with van der Waals surface area (Å²) in [5, 5.41) is 0. The maximum Gasteiger partial charge on any atom is 0.00928 e. The molecule has 1 aliphatic heterocycles. The second-order valence-corrected chi connectivity index (χ2v) is 6.81. The molecule has 2 N–H and O–H groups in total. The molecule has 2 heteroatoms. The van der Waals surface area contributed by atoms with Gasteiger partial charge in [0.15, 0.2) is 0 Å². The van der Waals surface area contributed by atoms with E-state index in [1.807, 2.05) is 0 Å². The predicted octanol–water partition coefficient (Wildman–Crippen LogP) is 2.87. The van der Waals surface area contributed by atoms with Crippen LogP contribution in [0.15, 0.2) is 0 Å². The van der Waals surface area contributed by atoms with E-state index in [4.69, 9.17) is 5.73 Å². The molecule has 0 bridgehead atoms. The highest BCUT2D eigenvalue weighted by molar-refractivity contribution is 4.85. The number of nitrogens with two attached hydrogens (primary N) is 1. The van der Waals surface area contributed by atoms with Crippen LogP contribution in [0.25, 0.3) is 0 Å². The number of hydrogen-bond donors (Lipinski definition) is 1. The fraction of sp³-hybridized carbons (Fsp3) is 1.00. The lowest BCUT2D eigenvalue weighted by Crippen LogP contribution is -2.48. The van der Waals surface area contributed by atoms with Gasteiger partial charge in [-0.3, -0.25) is 4.90 Å². The molecule has 17 heavy (non-hydrogen) atoms. The van der Waals surface area contributed by atoms with Gasteiger partial charge in [0.25, 0.3) is 0 Å². The lowest BCUT2D eigenvalue weighted by atomic mass is 9.82. The van der Waals surface area contributed by atoms with Gasteiger partial charge in [0.2, 0.25) is 0 Å². The zero-order valence-corrected chi connectivity index (χ0v) is 11.9. The highest BCUT2D eigenvalue weighted by Gasteiger charge is 2.31. The van der Waals surface area contributed by atoms with Crippen LogP contribution in [-0.4, -0.2) is 30.1 Å². The average Bonchev–Trinajstić information content (AvgIpc) is 2.25. The van der Waals surface area contributed by atoms with Crippen LogP contribution in [0.2, 0.25) is 0 Å². The molecule has 100 valence electrons. The monoisotopic (exact) mass is 238 g/mol. The zero-order chi connectivity index (χ0) is 12.4. The first-order valence-electron chi connectivity index (χ1n) is 7.56. The maximum atomic E-state index is 6.10.